The van der Waals surface area contributed by atoms with E-state index in [1.54, 1.807) is 6.08 Å². The molecule has 3 rings (SSSR count). The zero-order valence-corrected chi connectivity index (χ0v) is 18.1. The highest BCUT2D eigenvalue weighted by molar-refractivity contribution is 5.25. The summed E-state index contributed by atoms with van der Waals surface area (Å²) in [6.07, 6.45) is 16.5. The maximum atomic E-state index is 14.3. The largest absolute Gasteiger partial charge is 0.254 e. The highest BCUT2D eigenvalue weighted by Gasteiger charge is 2.42. The molecule has 2 atom stereocenters. The molecule has 1 aromatic carbocycles. The third-order valence-electron chi connectivity index (χ3n) is 7.21. The van der Waals surface area contributed by atoms with Crippen molar-refractivity contribution in [1.82, 2.24) is 0 Å². The van der Waals surface area contributed by atoms with E-state index in [2.05, 4.69) is 37.8 Å². The van der Waals surface area contributed by atoms with E-state index >= 15 is 0 Å². The van der Waals surface area contributed by atoms with Crippen LogP contribution >= 0.6 is 0 Å². The fourth-order valence-electron chi connectivity index (χ4n) is 5.27. The molecule has 2 aliphatic carbocycles. The molecule has 0 bridgehead atoms. The van der Waals surface area contributed by atoms with Crippen LogP contribution in [0.2, 0.25) is 0 Å². The molecule has 2 saturated carbocycles. The van der Waals surface area contributed by atoms with Gasteiger partial charge in [-0.3, -0.25) is 0 Å². The molecule has 2 fully saturated rings. The molecule has 29 heavy (non-hydrogen) atoms. The smallest absolute Gasteiger partial charge is 0.206 e. The van der Waals surface area contributed by atoms with Gasteiger partial charge in [0.25, 0.3) is 5.92 Å². The molecule has 2 aliphatic rings. The Morgan fingerprint density at radius 2 is 1.76 bits per heavy atom. The van der Waals surface area contributed by atoms with E-state index in [9.17, 15) is 8.78 Å². The van der Waals surface area contributed by atoms with E-state index in [-0.39, 0.29) is 12.3 Å². The standard InChI is InChI=1S/C27H38F2/c1-3-7-22-10-15-24(16-11-22)25-17-12-23(13-18-25)8-5-6-9-26-19-14-21(4-2)20-27(26,28)29/h4,6,9-11,15-16,21,23,25-26H,2-3,5,7-8,12-14,17-20H2,1H3/b9-6+. The van der Waals surface area contributed by atoms with Crippen LogP contribution in [0.25, 0.3) is 0 Å². The lowest BCUT2D eigenvalue weighted by molar-refractivity contribution is -0.0783. The van der Waals surface area contributed by atoms with Gasteiger partial charge in [0.1, 0.15) is 0 Å². The first-order valence-electron chi connectivity index (χ1n) is 11.8. The Morgan fingerprint density at radius 1 is 1.03 bits per heavy atom. The van der Waals surface area contributed by atoms with Crippen molar-refractivity contribution < 1.29 is 8.78 Å². The molecular formula is C27H38F2. The van der Waals surface area contributed by atoms with Crippen LogP contribution in [0.3, 0.4) is 0 Å². The first-order chi connectivity index (χ1) is 14.0. The summed E-state index contributed by atoms with van der Waals surface area (Å²) < 4.78 is 28.5. The van der Waals surface area contributed by atoms with Crippen LogP contribution < -0.4 is 0 Å². The molecular weight excluding hydrogens is 362 g/mol. The second kappa shape index (κ2) is 10.5. The van der Waals surface area contributed by atoms with E-state index in [0.717, 1.165) is 25.2 Å². The lowest BCUT2D eigenvalue weighted by atomic mass is 9.76. The van der Waals surface area contributed by atoms with E-state index in [1.807, 2.05) is 12.2 Å². The Bertz CT molecular complexity index is 650. The molecule has 0 radical (unpaired) electrons. The minimum atomic E-state index is -2.57. The van der Waals surface area contributed by atoms with Crippen LogP contribution in [0, 0.1) is 17.8 Å². The summed E-state index contributed by atoms with van der Waals surface area (Å²) in [5, 5.41) is 0. The Labute approximate surface area is 176 Å². The lowest BCUT2D eigenvalue weighted by Crippen LogP contribution is -2.34. The second-order valence-corrected chi connectivity index (χ2v) is 9.36. The Morgan fingerprint density at radius 3 is 2.38 bits per heavy atom. The van der Waals surface area contributed by atoms with Crippen molar-refractivity contribution in [3.8, 4) is 0 Å². The highest BCUT2D eigenvalue weighted by atomic mass is 19.3. The Balaban J connectivity index is 1.39. The zero-order valence-electron chi connectivity index (χ0n) is 18.1. The van der Waals surface area contributed by atoms with Crippen molar-refractivity contribution in [2.75, 3.05) is 0 Å². The van der Waals surface area contributed by atoms with Gasteiger partial charge in [0.15, 0.2) is 0 Å². The fraction of sp³-hybridized carbons (Fsp3) is 0.630. The van der Waals surface area contributed by atoms with Crippen LogP contribution in [-0.4, -0.2) is 5.92 Å². The molecule has 0 amide bonds. The van der Waals surface area contributed by atoms with Crippen LogP contribution in [0.5, 0.6) is 0 Å². The average Bonchev–Trinajstić information content (AvgIpc) is 2.73. The molecule has 0 saturated heterocycles. The second-order valence-electron chi connectivity index (χ2n) is 9.36. The molecule has 1 aromatic rings. The van der Waals surface area contributed by atoms with E-state index in [0.29, 0.717) is 12.3 Å². The summed E-state index contributed by atoms with van der Waals surface area (Å²) in [7, 11) is 0. The van der Waals surface area contributed by atoms with Crippen molar-refractivity contribution in [3.63, 3.8) is 0 Å². The monoisotopic (exact) mass is 400 g/mol. The van der Waals surface area contributed by atoms with E-state index in [4.69, 9.17) is 0 Å². The minimum Gasteiger partial charge on any atom is -0.206 e. The molecule has 0 nitrogen and oxygen atoms in total. The summed E-state index contributed by atoms with van der Waals surface area (Å²) in [5.74, 6) is -1.71. The van der Waals surface area contributed by atoms with Crippen molar-refractivity contribution in [2.45, 2.75) is 89.4 Å². The highest BCUT2D eigenvalue weighted by Crippen LogP contribution is 2.42. The van der Waals surface area contributed by atoms with Gasteiger partial charge in [0, 0.05) is 12.3 Å². The molecule has 0 aromatic heterocycles. The Kier molecular flexibility index (Phi) is 8.09. The van der Waals surface area contributed by atoms with Gasteiger partial charge < -0.3 is 0 Å². The summed E-state index contributed by atoms with van der Waals surface area (Å²) in [4.78, 5) is 0. The van der Waals surface area contributed by atoms with Crippen LogP contribution in [0.4, 0.5) is 8.78 Å². The van der Waals surface area contributed by atoms with Gasteiger partial charge in [-0.05, 0) is 86.7 Å². The minimum absolute atomic E-state index is 0.0207. The molecule has 0 heterocycles. The first-order valence-corrected chi connectivity index (χ1v) is 11.8. The average molecular weight is 401 g/mol. The fourth-order valence-corrected chi connectivity index (χ4v) is 5.27. The van der Waals surface area contributed by atoms with Crippen LogP contribution in [-0.2, 0) is 6.42 Å². The zero-order chi connectivity index (χ0) is 20.7. The number of hydrogen-bond donors (Lipinski definition) is 0. The van der Waals surface area contributed by atoms with E-state index < -0.39 is 11.8 Å². The maximum absolute atomic E-state index is 14.3. The summed E-state index contributed by atoms with van der Waals surface area (Å²) >= 11 is 0. The van der Waals surface area contributed by atoms with Gasteiger partial charge in [-0.25, -0.2) is 8.78 Å². The quantitative estimate of drug-likeness (QED) is 0.384. The summed E-state index contributed by atoms with van der Waals surface area (Å²) in [6, 6.07) is 9.27. The third kappa shape index (κ3) is 6.27. The third-order valence-corrected chi connectivity index (χ3v) is 7.21. The predicted molar refractivity (Wildman–Crippen MR) is 119 cm³/mol. The van der Waals surface area contributed by atoms with Gasteiger partial charge in [0.05, 0.1) is 0 Å². The van der Waals surface area contributed by atoms with Crippen molar-refractivity contribution >= 4 is 0 Å². The molecule has 0 aliphatic heterocycles. The van der Waals surface area contributed by atoms with Gasteiger partial charge in [-0.1, -0.05) is 55.8 Å². The summed E-state index contributed by atoms with van der Waals surface area (Å²) in [5.41, 5.74) is 2.95. The van der Waals surface area contributed by atoms with Crippen molar-refractivity contribution in [2.24, 2.45) is 17.8 Å². The van der Waals surface area contributed by atoms with Gasteiger partial charge in [-0.15, -0.1) is 6.58 Å². The molecule has 0 N–H and O–H groups in total. The normalized spacial score (nSPS) is 29.8. The summed E-state index contributed by atoms with van der Waals surface area (Å²) in [6.45, 7) is 5.91. The number of alkyl halides is 2. The number of hydrogen-bond acceptors (Lipinski definition) is 0. The SMILES string of the molecule is C=CC1CCC(/C=C/CCC2CCC(c3ccc(CCC)cc3)CC2)C(F)(F)C1. The number of halogens is 2. The molecule has 2 unspecified atom stereocenters. The molecule has 0 spiro atoms. The van der Waals surface area contributed by atoms with Gasteiger partial charge in [0.2, 0.25) is 0 Å². The molecule has 160 valence electrons. The lowest BCUT2D eigenvalue weighted by Gasteiger charge is -2.33. The number of benzene rings is 1. The Hall–Kier alpha value is -1.44. The first kappa shape index (κ1) is 22.2. The van der Waals surface area contributed by atoms with Gasteiger partial charge in [-0.2, -0.15) is 0 Å². The van der Waals surface area contributed by atoms with Crippen molar-refractivity contribution in [3.05, 3.63) is 60.2 Å². The molecule has 2 heteroatoms. The van der Waals surface area contributed by atoms with Crippen LogP contribution in [0.1, 0.15) is 88.2 Å². The number of allylic oxidation sites excluding steroid dienone is 3. The topological polar surface area (TPSA) is 0 Å². The predicted octanol–water partition coefficient (Wildman–Crippen LogP) is 8.49. The van der Waals surface area contributed by atoms with Crippen LogP contribution in [0.15, 0.2) is 49.1 Å². The van der Waals surface area contributed by atoms with Gasteiger partial charge >= 0.3 is 0 Å². The number of rotatable bonds is 8. The maximum Gasteiger partial charge on any atom is 0.254 e. The van der Waals surface area contributed by atoms with Crippen molar-refractivity contribution in [1.29, 1.82) is 0 Å². The van der Waals surface area contributed by atoms with E-state index in [1.165, 1.54) is 49.7 Å². The number of aryl methyl sites for hydroxylation is 1.